The maximum atomic E-state index is 14.2. The van der Waals surface area contributed by atoms with Crippen LogP contribution in [-0.2, 0) is 18.0 Å². The summed E-state index contributed by atoms with van der Waals surface area (Å²) >= 11 is 0. The summed E-state index contributed by atoms with van der Waals surface area (Å²) in [5.74, 6) is -2.17. The van der Waals surface area contributed by atoms with Gasteiger partial charge in [-0.3, -0.25) is 4.79 Å². The van der Waals surface area contributed by atoms with Crippen molar-refractivity contribution in [1.82, 2.24) is 0 Å². The molecule has 0 heterocycles. The summed E-state index contributed by atoms with van der Waals surface area (Å²) in [6, 6.07) is 0.511. The van der Waals surface area contributed by atoms with Crippen molar-refractivity contribution in [2.45, 2.75) is 45.7 Å². The molecule has 2 N–H and O–H groups in total. The van der Waals surface area contributed by atoms with Gasteiger partial charge >= 0.3 is 6.18 Å². The molecule has 2 nitrogen and oxygen atoms in total. The zero-order chi connectivity index (χ0) is 15.9. The summed E-state index contributed by atoms with van der Waals surface area (Å²) in [5.41, 5.74) is 2.09. The molecule has 0 fully saturated rings. The Balaban J connectivity index is 3.90. The monoisotopic (exact) mass is 291 g/mol. The number of alkyl halides is 3. The van der Waals surface area contributed by atoms with Gasteiger partial charge in [0, 0.05) is 0 Å². The van der Waals surface area contributed by atoms with E-state index in [0.29, 0.717) is 6.07 Å². The molecule has 0 aliphatic heterocycles. The Labute approximate surface area is 115 Å². The smallest absolute Gasteiger partial charge is 0.366 e. The molecule has 112 valence electrons. The van der Waals surface area contributed by atoms with Crippen LogP contribution in [0, 0.1) is 5.82 Å². The molecule has 1 rings (SSSR count). The maximum absolute atomic E-state index is 14.2. The fraction of sp³-hybridized carbons (Fsp3) is 0.500. The number of amides is 1. The van der Waals surface area contributed by atoms with E-state index in [9.17, 15) is 22.4 Å². The van der Waals surface area contributed by atoms with E-state index < -0.39 is 34.4 Å². The van der Waals surface area contributed by atoms with E-state index >= 15 is 0 Å². The zero-order valence-electron chi connectivity index (χ0n) is 11.8. The third-order valence-electron chi connectivity index (χ3n) is 3.04. The molecular formula is C14H17F4NO. The Hall–Kier alpha value is -1.59. The first-order valence-electron chi connectivity index (χ1n) is 6.14. The molecule has 0 bridgehead atoms. The second-order valence-corrected chi connectivity index (χ2v) is 5.60. The first kappa shape index (κ1) is 16.5. The van der Waals surface area contributed by atoms with Crippen molar-refractivity contribution in [2.24, 2.45) is 5.73 Å². The summed E-state index contributed by atoms with van der Waals surface area (Å²) in [4.78, 5) is 11.1. The van der Waals surface area contributed by atoms with Crippen LogP contribution in [0.15, 0.2) is 6.07 Å². The van der Waals surface area contributed by atoms with Gasteiger partial charge in [-0.2, -0.15) is 13.2 Å². The van der Waals surface area contributed by atoms with Crippen molar-refractivity contribution in [2.75, 3.05) is 0 Å². The molecular weight excluding hydrogens is 274 g/mol. The molecule has 0 saturated heterocycles. The number of rotatable bonds is 2. The molecule has 0 unspecified atom stereocenters. The number of hydrogen-bond donors (Lipinski definition) is 1. The molecule has 20 heavy (non-hydrogen) atoms. The summed E-state index contributed by atoms with van der Waals surface area (Å²) in [6.07, 6.45) is -4.63. The van der Waals surface area contributed by atoms with Gasteiger partial charge in [0.1, 0.15) is 5.82 Å². The lowest BCUT2D eigenvalue weighted by atomic mass is 9.78. The molecule has 1 amide bonds. The number of hydrogen-bond acceptors (Lipinski definition) is 1. The second-order valence-electron chi connectivity index (χ2n) is 5.60. The van der Waals surface area contributed by atoms with Crippen molar-refractivity contribution in [3.63, 3.8) is 0 Å². The number of benzene rings is 1. The molecule has 0 saturated carbocycles. The number of carbonyl (C=O) groups excluding carboxylic acids is 1. The van der Waals surface area contributed by atoms with Crippen LogP contribution in [0.25, 0.3) is 0 Å². The fourth-order valence-electron chi connectivity index (χ4n) is 2.31. The Morgan fingerprint density at radius 1 is 1.25 bits per heavy atom. The Morgan fingerprint density at radius 2 is 1.75 bits per heavy atom. The highest BCUT2D eigenvalue weighted by Crippen LogP contribution is 2.41. The lowest BCUT2D eigenvalue weighted by Crippen LogP contribution is -2.26. The molecule has 0 aliphatic rings. The summed E-state index contributed by atoms with van der Waals surface area (Å²) < 4.78 is 53.8. The minimum atomic E-state index is -4.68. The minimum Gasteiger partial charge on any atom is -0.366 e. The van der Waals surface area contributed by atoms with Crippen LogP contribution in [-0.4, -0.2) is 5.91 Å². The SMILES string of the molecule is CCc1c(F)c(C(N)=O)cc(C(F)(F)F)c1C(C)(C)C. The van der Waals surface area contributed by atoms with Crippen molar-refractivity contribution in [3.8, 4) is 0 Å². The van der Waals surface area contributed by atoms with Gasteiger partial charge in [0.25, 0.3) is 5.91 Å². The molecule has 0 aliphatic carbocycles. The molecule has 0 radical (unpaired) electrons. The van der Waals surface area contributed by atoms with Crippen LogP contribution < -0.4 is 5.73 Å². The Morgan fingerprint density at radius 3 is 2.05 bits per heavy atom. The summed E-state index contributed by atoms with van der Waals surface area (Å²) in [5, 5.41) is 0. The van der Waals surface area contributed by atoms with Crippen LogP contribution in [0.2, 0.25) is 0 Å². The normalized spacial score (nSPS) is 12.6. The van der Waals surface area contributed by atoms with E-state index in [1.807, 2.05) is 0 Å². The number of halogens is 4. The highest BCUT2D eigenvalue weighted by atomic mass is 19.4. The van der Waals surface area contributed by atoms with Gasteiger partial charge in [-0.1, -0.05) is 27.7 Å². The quantitative estimate of drug-likeness (QED) is 0.827. The van der Waals surface area contributed by atoms with E-state index in [1.165, 1.54) is 0 Å². The molecule has 0 atom stereocenters. The van der Waals surface area contributed by atoms with Gasteiger partial charge in [-0.05, 0) is 29.0 Å². The average molecular weight is 291 g/mol. The minimum absolute atomic E-state index is 0.0443. The van der Waals surface area contributed by atoms with E-state index in [2.05, 4.69) is 0 Å². The van der Waals surface area contributed by atoms with Crippen molar-refractivity contribution in [1.29, 1.82) is 0 Å². The number of carbonyl (C=O) groups is 1. The van der Waals surface area contributed by atoms with Gasteiger partial charge in [0.15, 0.2) is 0 Å². The van der Waals surface area contributed by atoms with Gasteiger partial charge in [0.05, 0.1) is 11.1 Å². The van der Waals surface area contributed by atoms with Crippen molar-refractivity contribution >= 4 is 5.91 Å². The third kappa shape index (κ3) is 2.94. The van der Waals surface area contributed by atoms with E-state index in [0.717, 1.165) is 0 Å². The summed E-state index contributed by atoms with van der Waals surface area (Å²) in [7, 11) is 0. The second kappa shape index (κ2) is 5.07. The molecule has 0 spiro atoms. The maximum Gasteiger partial charge on any atom is 0.416 e. The van der Waals surface area contributed by atoms with Crippen LogP contribution in [0.5, 0.6) is 0 Å². The highest BCUT2D eigenvalue weighted by molar-refractivity contribution is 5.93. The first-order chi connectivity index (χ1) is 8.91. The van der Waals surface area contributed by atoms with E-state index in [1.54, 1.807) is 27.7 Å². The average Bonchev–Trinajstić information content (AvgIpc) is 2.24. The first-order valence-corrected chi connectivity index (χ1v) is 6.14. The highest BCUT2D eigenvalue weighted by Gasteiger charge is 2.39. The molecule has 6 heteroatoms. The van der Waals surface area contributed by atoms with Gasteiger partial charge in [-0.15, -0.1) is 0 Å². The van der Waals surface area contributed by atoms with Crippen molar-refractivity contribution in [3.05, 3.63) is 34.1 Å². The van der Waals surface area contributed by atoms with Crippen LogP contribution >= 0.6 is 0 Å². The predicted octanol–water partition coefficient (Wildman–Crippen LogP) is 3.80. The third-order valence-corrected chi connectivity index (χ3v) is 3.04. The van der Waals surface area contributed by atoms with E-state index in [4.69, 9.17) is 5.73 Å². The topological polar surface area (TPSA) is 43.1 Å². The molecule has 0 aromatic heterocycles. The van der Waals surface area contributed by atoms with Crippen LogP contribution in [0.1, 0.15) is 54.7 Å². The Bertz CT molecular complexity index is 542. The van der Waals surface area contributed by atoms with E-state index in [-0.39, 0.29) is 17.5 Å². The Kier molecular flexibility index (Phi) is 4.17. The lowest BCUT2D eigenvalue weighted by molar-refractivity contribution is -0.138. The van der Waals surface area contributed by atoms with Gasteiger partial charge in [-0.25, -0.2) is 4.39 Å². The zero-order valence-corrected chi connectivity index (χ0v) is 11.8. The van der Waals surface area contributed by atoms with Crippen LogP contribution in [0.4, 0.5) is 17.6 Å². The largest absolute Gasteiger partial charge is 0.416 e. The van der Waals surface area contributed by atoms with Gasteiger partial charge in [0.2, 0.25) is 0 Å². The lowest BCUT2D eigenvalue weighted by Gasteiger charge is -2.28. The molecule has 1 aromatic rings. The predicted molar refractivity (Wildman–Crippen MR) is 68.0 cm³/mol. The summed E-state index contributed by atoms with van der Waals surface area (Å²) in [6.45, 7) is 6.25. The van der Waals surface area contributed by atoms with Crippen LogP contribution in [0.3, 0.4) is 0 Å². The van der Waals surface area contributed by atoms with Crippen molar-refractivity contribution < 1.29 is 22.4 Å². The molecule has 1 aromatic carbocycles. The number of nitrogens with two attached hydrogens (primary N) is 1. The van der Waals surface area contributed by atoms with Gasteiger partial charge < -0.3 is 5.73 Å². The fourth-order valence-corrected chi connectivity index (χ4v) is 2.31. The standard InChI is InChI=1S/C14H17F4NO/c1-5-7-10(13(2,3)4)9(14(16,17)18)6-8(11(7)15)12(19)20/h6H,5H2,1-4H3,(H2,19,20). The number of primary amides is 1.